The van der Waals surface area contributed by atoms with Crippen molar-refractivity contribution in [3.63, 3.8) is 0 Å². The van der Waals surface area contributed by atoms with Gasteiger partial charge in [0.1, 0.15) is 0 Å². The number of benzene rings is 1. The van der Waals surface area contributed by atoms with E-state index in [2.05, 4.69) is 75.6 Å². The van der Waals surface area contributed by atoms with Crippen LogP contribution in [0.4, 0.5) is 0 Å². The van der Waals surface area contributed by atoms with Crippen LogP contribution >= 0.6 is 0 Å². The molecule has 3 nitrogen and oxygen atoms in total. The summed E-state index contributed by atoms with van der Waals surface area (Å²) in [6.07, 6.45) is 3.31. The molecule has 1 unspecified atom stereocenters. The molecule has 0 aliphatic heterocycles. The highest BCUT2D eigenvalue weighted by molar-refractivity contribution is 6.67. The van der Waals surface area contributed by atoms with Crippen molar-refractivity contribution >= 4 is 17.4 Å². The fraction of sp³-hybridized carbons (Fsp3) is 0.700. The first-order valence-electron chi connectivity index (χ1n) is 9.64. The van der Waals surface area contributed by atoms with Crippen LogP contribution in [0, 0.1) is 0 Å². The Morgan fingerprint density at radius 2 is 1.72 bits per heavy atom. The minimum Gasteiger partial charge on any atom is -0.398 e. The molecule has 25 heavy (non-hydrogen) atoms. The Morgan fingerprint density at radius 1 is 1.08 bits per heavy atom. The fourth-order valence-corrected chi connectivity index (χ4v) is 6.88. The van der Waals surface area contributed by atoms with E-state index >= 15 is 0 Å². The van der Waals surface area contributed by atoms with Crippen LogP contribution in [-0.4, -0.2) is 47.7 Å². The zero-order valence-electron chi connectivity index (χ0n) is 17.5. The van der Waals surface area contributed by atoms with Crippen LogP contribution in [0.1, 0.15) is 39.2 Å². The summed E-state index contributed by atoms with van der Waals surface area (Å²) in [5.41, 5.74) is 1.57. The van der Waals surface area contributed by atoms with Crippen LogP contribution in [0.25, 0.3) is 0 Å². The van der Waals surface area contributed by atoms with Crippen LogP contribution in [-0.2, 0) is 15.4 Å². The molecule has 0 aliphatic carbocycles. The van der Waals surface area contributed by atoms with Gasteiger partial charge in [0.15, 0.2) is 0 Å². The lowest BCUT2D eigenvalue weighted by atomic mass is 10.0. The highest BCUT2D eigenvalue weighted by Crippen LogP contribution is 2.21. The number of rotatable bonds is 11. The zero-order chi connectivity index (χ0) is 18.9. The molecule has 1 aromatic rings. The molecule has 1 atom stereocenters. The third-order valence-electron chi connectivity index (χ3n) is 4.63. The van der Waals surface area contributed by atoms with E-state index in [1.54, 1.807) is 0 Å². The third-order valence-corrected chi connectivity index (χ3v) is 8.70. The maximum absolute atomic E-state index is 6.17. The van der Waals surface area contributed by atoms with Crippen molar-refractivity contribution < 1.29 is 8.85 Å². The number of nitrogens with zero attached hydrogens (tertiary/aromatic N) is 1. The summed E-state index contributed by atoms with van der Waals surface area (Å²) in [6, 6.07) is 11.9. The lowest BCUT2D eigenvalue weighted by Crippen LogP contribution is -2.42. The quantitative estimate of drug-likeness (QED) is 0.405. The van der Waals surface area contributed by atoms with Crippen molar-refractivity contribution in [1.82, 2.24) is 4.90 Å². The van der Waals surface area contributed by atoms with Gasteiger partial charge in [-0.3, -0.25) is 4.90 Å². The van der Waals surface area contributed by atoms with Crippen molar-refractivity contribution in [3.8, 4) is 0 Å². The molecule has 0 bridgehead atoms. The highest BCUT2D eigenvalue weighted by Gasteiger charge is 2.30. The highest BCUT2D eigenvalue weighted by atomic mass is 28.4. The van der Waals surface area contributed by atoms with Crippen molar-refractivity contribution in [2.75, 3.05) is 19.9 Å². The van der Waals surface area contributed by atoms with Gasteiger partial charge in [0.05, 0.1) is 8.80 Å². The number of hydrogen-bond donors (Lipinski definition) is 0. The lowest BCUT2D eigenvalue weighted by molar-refractivity contribution is 0.125. The second kappa shape index (κ2) is 10.6. The average Bonchev–Trinajstić information content (AvgIpc) is 2.56. The van der Waals surface area contributed by atoms with Crippen molar-refractivity contribution in [3.05, 3.63) is 35.9 Å². The van der Waals surface area contributed by atoms with Crippen molar-refractivity contribution in [1.29, 1.82) is 0 Å². The summed E-state index contributed by atoms with van der Waals surface area (Å²) in [5.74, 6) is 0. The summed E-state index contributed by atoms with van der Waals surface area (Å²) >= 11 is 0. The molecule has 1 aromatic carbocycles. The maximum atomic E-state index is 6.17. The van der Waals surface area contributed by atoms with E-state index in [0.717, 1.165) is 25.4 Å². The van der Waals surface area contributed by atoms with Gasteiger partial charge < -0.3 is 8.85 Å². The predicted molar refractivity (Wildman–Crippen MR) is 114 cm³/mol. The first kappa shape index (κ1) is 22.6. The molecule has 0 saturated carbocycles. The molecule has 0 spiro atoms. The smallest absolute Gasteiger partial charge is 0.334 e. The Bertz CT molecular complexity index is 476. The van der Waals surface area contributed by atoms with Gasteiger partial charge in [0.2, 0.25) is 0 Å². The van der Waals surface area contributed by atoms with Gasteiger partial charge in [0, 0.05) is 25.4 Å². The first-order chi connectivity index (χ1) is 11.7. The van der Waals surface area contributed by atoms with Crippen molar-refractivity contribution in [2.45, 2.75) is 71.4 Å². The summed E-state index contributed by atoms with van der Waals surface area (Å²) in [6.45, 7) is 15.9. The SMILES string of the molecule is CO[Si](C)(CCCCN(Cc1ccccc1)C(C)(C)C)OC[SiH](C)C. The molecule has 0 radical (unpaired) electrons. The van der Waals surface area contributed by atoms with Gasteiger partial charge in [0.25, 0.3) is 0 Å². The van der Waals surface area contributed by atoms with Crippen LogP contribution < -0.4 is 0 Å². The Hall–Kier alpha value is -0.466. The van der Waals surface area contributed by atoms with E-state index in [-0.39, 0.29) is 5.54 Å². The molecular weight excluding hydrogens is 342 g/mol. The van der Waals surface area contributed by atoms with Gasteiger partial charge in [-0.2, -0.15) is 0 Å². The molecule has 1 rings (SSSR count). The minimum absolute atomic E-state index is 0.178. The molecule has 0 amide bonds. The van der Waals surface area contributed by atoms with E-state index < -0.39 is 17.4 Å². The molecular formula is C20H39NO2Si2. The molecule has 0 fully saturated rings. The summed E-state index contributed by atoms with van der Waals surface area (Å²) in [4.78, 5) is 2.58. The second-order valence-corrected chi connectivity index (χ2v) is 15.2. The van der Waals surface area contributed by atoms with Crippen LogP contribution in [0.3, 0.4) is 0 Å². The monoisotopic (exact) mass is 381 g/mol. The van der Waals surface area contributed by atoms with E-state index in [0.29, 0.717) is 0 Å². The molecule has 144 valence electrons. The average molecular weight is 382 g/mol. The molecule has 5 heteroatoms. The predicted octanol–water partition coefficient (Wildman–Crippen LogP) is 4.83. The number of unbranched alkanes of at least 4 members (excludes halogenated alkanes) is 1. The summed E-state index contributed by atoms with van der Waals surface area (Å²) < 4.78 is 12.0. The maximum Gasteiger partial charge on any atom is 0.334 e. The Labute approximate surface area is 158 Å². The largest absolute Gasteiger partial charge is 0.398 e. The third kappa shape index (κ3) is 9.15. The molecule has 0 aliphatic rings. The first-order valence-corrected chi connectivity index (χ1v) is 15.3. The van der Waals surface area contributed by atoms with Crippen LogP contribution in [0.2, 0.25) is 25.7 Å². The van der Waals surface area contributed by atoms with Gasteiger partial charge in [-0.1, -0.05) is 49.8 Å². The fourth-order valence-electron chi connectivity index (χ4n) is 2.78. The van der Waals surface area contributed by atoms with Gasteiger partial charge in [-0.25, -0.2) is 0 Å². The van der Waals surface area contributed by atoms with Crippen LogP contribution in [0.5, 0.6) is 0 Å². The minimum atomic E-state index is -1.96. The molecule has 0 heterocycles. The van der Waals surface area contributed by atoms with Crippen LogP contribution in [0.15, 0.2) is 30.3 Å². The van der Waals surface area contributed by atoms with E-state index in [1.165, 1.54) is 18.4 Å². The molecule has 0 aromatic heterocycles. The summed E-state index contributed by atoms with van der Waals surface area (Å²) in [5, 5.41) is 0. The molecule has 0 N–H and O–H groups in total. The molecule has 0 saturated heterocycles. The van der Waals surface area contributed by atoms with E-state index in [9.17, 15) is 0 Å². The second-order valence-electron chi connectivity index (χ2n) is 8.58. The Morgan fingerprint density at radius 3 is 2.24 bits per heavy atom. The lowest BCUT2D eigenvalue weighted by Gasteiger charge is -2.36. The Balaban J connectivity index is 2.48. The normalized spacial score (nSPS) is 14.9. The Kier molecular flexibility index (Phi) is 9.60. The number of hydrogen-bond acceptors (Lipinski definition) is 3. The van der Waals surface area contributed by atoms with Gasteiger partial charge in [-0.05, 0) is 51.9 Å². The van der Waals surface area contributed by atoms with Crippen molar-refractivity contribution in [2.24, 2.45) is 0 Å². The standard InChI is InChI=1S/C20H39NO2Si2/c1-20(2,3)21(17-19-13-9-8-10-14-19)15-11-12-16-25(7,22-4)23-18-24(5)6/h8-10,13-14,24H,11-12,15-18H2,1-7H3. The van der Waals surface area contributed by atoms with Gasteiger partial charge >= 0.3 is 8.56 Å². The van der Waals surface area contributed by atoms with E-state index in [4.69, 9.17) is 8.85 Å². The zero-order valence-corrected chi connectivity index (χ0v) is 19.6. The van der Waals surface area contributed by atoms with Gasteiger partial charge in [-0.15, -0.1) is 0 Å². The topological polar surface area (TPSA) is 21.7 Å². The van der Waals surface area contributed by atoms with E-state index in [1.807, 2.05) is 7.11 Å². The summed E-state index contributed by atoms with van der Waals surface area (Å²) in [7, 11) is -0.818.